The van der Waals surface area contributed by atoms with Gasteiger partial charge in [0, 0.05) is 6.54 Å². The molecule has 0 unspecified atom stereocenters. The lowest BCUT2D eigenvalue weighted by molar-refractivity contribution is -0.142. The molecule has 0 fully saturated rings. The van der Waals surface area contributed by atoms with Gasteiger partial charge in [-0.25, -0.2) is 0 Å². The first-order chi connectivity index (χ1) is 9.01. The monoisotopic (exact) mass is 265 g/mol. The van der Waals surface area contributed by atoms with Crippen molar-refractivity contribution in [3.63, 3.8) is 0 Å². The molecule has 0 radical (unpaired) electrons. The predicted molar refractivity (Wildman–Crippen MR) is 75.5 cm³/mol. The molecule has 1 N–H and O–H groups in total. The third kappa shape index (κ3) is 3.96. The van der Waals surface area contributed by atoms with Crippen LogP contribution in [0.25, 0.3) is 0 Å². The van der Waals surface area contributed by atoms with Crippen molar-refractivity contribution in [2.75, 3.05) is 20.3 Å². The van der Waals surface area contributed by atoms with Crippen molar-refractivity contribution in [2.45, 2.75) is 34.2 Å². The molecular weight excluding hydrogens is 242 g/mol. The summed E-state index contributed by atoms with van der Waals surface area (Å²) < 4.78 is 10.2. The molecule has 0 bridgehead atoms. The fourth-order valence-corrected chi connectivity index (χ4v) is 2.08. The van der Waals surface area contributed by atoms with Gasteiger partial charge in [0.1, 0.15) is 5.75 Å². The maximum absolute atomic E-state index is 11.3. The second kappa shape index (κ2) is 7.14. The van der Waals surface area contributed by atoms with Crippen LogP contribution in [0.5, 0.6) is 5.75 Å². The summed E-state index contributed by atoms with van der Waals surface area (Å²) in [7, 11) is 1.68. The number of hydrogen-bond donors (Lipinski definition) is 1. The van der Waals surface area contributed by atoms with Gasteiger partial charge in [-0.15, -0.1) is 0 Å². The first-order valence-electron chi connectivity index (χ1n) is 6.51. The number of carbonyl (C=O) groups is 1. The normalized spacial score (nSPS) is 10.4. The Balaban J connectivity index is 2.74. The van der Waals surface area contributed by atoms with Crippen molar-refractivity contribution in [3.8, 4) is 5.75 Å². The van der Waals surface area contributed by atoms with Crippen molar-refractivity contribution in [1.82, 2.24) is 5.32 Å². The van der Waals surface area contributed by atoms with Gasteiger partial charge in [0.15, 0.2) is 0 Å². The average molecular weight is 265 g/mol. The minimum atomic E-state index is -0.219. The molecule has 1 aromatic rings. The lowest BCUT2D eigenvalue weighted by Crippen LogP contribution is -2.25. The SMILES string of the molecule is CCOC(=O)CNCc1c(C)cc(OC)c(C)c1C. The van der Waals surface area contributed by atoms with E-state index >= 15 is 0 Å². The second-order valence-electron chi connectivity index (χ2n) is 4.53. The van der Waals surface area contributed by atoms with E-state index in [0.717, 1.165) is 16.9 Å². The molecule has 1 rings (SSSR count). The van der Waals surface area contributed by atoms with Crippen molar-refractivity contribution < 1.29 is 14.3 Å². The van der Waals surface area contributed by atoms with Gasteiger partial charge in [-0.3, -0.25) is 4.79 Å². The summed E-state index contributed by atoms with van der Waals surface area (Å²) in [5.41, 5.74) is 4.72. The van der Waals surface area contributed by atoms with Gasteiger partial charge in [-0.05, 0) is 56.0 Å². The summed E-state index contributed by atoms with van der Waals surface area (Å²) >= 11 is 0. The van der Waals surface area contributed by atoms with E-state index in [9.17, 15) is 4.79 Å². The van der Waals surface area contributed by atoms with Gasteiger partial charge in [0.25, 0.3) is 0 Å². The van der Waals surface area contributed by atoms with E-state index in [1.807, 2.05) is 13.0 Å². The molecule has 19 heavy (non-hydrogen) atoms. The molecule has 0 heterocycles. The molecule has 4 heteroatoms. The van der Waals surface area contributed by atoms with Crippen molar-refractivity contribution in [1.29, 1.82) is 0 Å². The van der Waals surface area contributed by atoms with Gasteiger partial charge in [0.05, 0.1) is 20.3 Å². The van der Waals surface area contributed by atoms with Crippen molar-refractivity contribution in [2.24, 2.45) is 0 Å². The van der Waals surface area contributed by atoms with Crippen LogP contribution in [0.1, 0.15) is 29.2 Å². The standard InChI is InChI=1S/C15H23NO3/c1-6-19-15(17)9-16-8-13-10(2)7-14(18-5)12(4)11(13)3/h7,16H,6,8-9H2,1-5H3. The zero-order chi connectivity index (χ0) is 14.4. The molecule has 1 aromatic carbocycles. The number of hydrogen-bond acceptors (Lipinski definition) is 4. The number of rotatable bonds is 6. The number of nitrogens with one attached hydrogen (secondary N) is 1. The number of benzene rings is 1. The highest BCUT2D eigenvalue weighted by atomic mass is 16.5. The smallest absolute Gasteiger partial charge is 0.319 e. The van der Waals surface area contributed by atoms with E-state index in [1.165, 1.54) is 11.1 Å². The van der Waals surface area contributed by atoms with E-state index in [4.69, 9.17) is 9.47 Å². The minimum absolute atomic E-state index is 0.219. The molecule has 0 aliphatic rings. The molecule has 106 valence electrons. The van der Waals surface area contributed by atoms with Crippen LogP contribution in [0.4, 0.5) is 0 Å². The maximum Gasteiger partial charge on any atom is 0.319 e. The Morgan fingerprint density at radius 3 is 2.53 bits per heavy atom. The molecule has 4 nitrogen and oxygen atoms in total. The lowest BCUT2D eigenvalue weighted by atomic mass is 9.97. The van der Waals surface area contributed by atoms with Gasteiger partial charge >= 0.3 is 5.97 Å². The summed E-state index contributed by atoms with van der Waals surface area (Å²) in [5, 5.41) is 3.12. The average Bonchev–Trinajstić information content (AvgIpc) is 2.38. The number of methoxy groups -OCH3 is 1. The molecule has 0 saturated heterocycles. The van der Waals surface area contributed by atoms with E-state index in [1.54, 1.807) is 14.0 Å². The van der Waals surface area contributed by atoms with Crippen LogP contribution in [0.3, 0.4) is 0 Å². The quantitative estimate of drug-likeness (QED) is 0.802. The molecule has 0 aromatic heterocycles. The van der Waals surface area contributed by atoms with Crippen LogP contribution in [-0.2, 0) is 16.1 Å². The summed E-state index contributed by atoms with van der Waals surface area (Å²) in [6.45, 7) is 9.28. The Hall–Kier alpha value is -1.55. The van der Waals surface area contributed by atoms with Gasteiger partial charge in [0.2, 0.25) is 0 Å². The fourth-order valence-electron chi connectivity index (χ4n) is 2.08. The Morgan fingerprint density at radius 2 is 1.95 bits per heavy atom. The third-order valence-corrected chi connectivity index (χ3v) is 3.30. The highest BCUT2D eigenvalue weighted by molar-refractivity contribution is 5.71. The molecule has 0 aliphatic heterocycles. The summed E-state index contributed by atoms with van der Waals surface area (Å²) in [6, 6.07) is 2.03. The maximum atomic E-state index is 11.3. The second-order valence-corrected chi connectivity index (χ2v) is 4.53. The van der Waals surface area contributed by atoms with Crippen LogP contribution in [-0.4, -0.2) is 26.2 Å². The summed E-state index contributed by atoms with van der Waals surface area (Å²) in [6.07, 6.45) is 0. The van der Waals surface area contributed by atoms with Gasteiger partial charge in [-0.1, -0.05) is 0 Å². The van der Waals surface area contributed by atoms with Gasteiger partial charge < -0.3 is 14.8 Å². The zero-order valence-electron chi connectivity index (χ0n) is 12.4. The molecule has 0 aliphatic carbocycles. The molecule has 0 spiro atoms. The Labute approximate surface area is 115 Å². The lowest BCUT2D eigenvalue weighted by Gasteiger charge is -2.16. The minimum Gasteiger partial charge on any atom is -0.496 e. The van der Waals surface area contributed by atoms with E-state index in [-0.39, 0.29) is 12.5 Å². The van der Waals surface area contributed by atoms with E-state index in [0.29, 0.717) is 13.2 Å². The first kappa shape index (κ1) is 15.5. The third-order valence-electron chi connectivity index (χ3n) is 3.30. The highest BCUT2D eigenvalue weighted by Gasteiger charge is 2.11. The van der Waals surface area contributed by atoms with Crippen molar-refractivity contribution in [3.05, 3.63) is 28.3 Å². The van der Waals surface area contributed by atoms with Crippen LogP contribution in [0, 0.1) is 20.8 Å². The largest absolute Gasteiger partial charge is 0.496 e. The van der Waals surface area contributed by atoms with Crippen molar-refractivity contribution >= 4 is 5.97 Å². The van der Waals surface area contributed by atoms with E-state index in [2.05, 4.69) is 19.2 Å². The van der Waals surface area contributed by atoms with E-state index < -0.39 is 0 Å². The van der Waals surface area contributed by atoms with Crippen LogP contribution in [0.15, 0.2) is 6.07 Å². The Morgan fingerprint density at radius 1 is 1.26 bits per heavy atom. The number of ether oxygens (including phenoxy) is 2. The topological polar surface area (TPSA) is 47.6 Å². The molecule has 0 amide bonds. The highest BCUT2D eigenvalue weighted by Crippen LogP contribution is 2.27. The molecule has 0 saturated carbocycles. The number of esters is 1. The van der Waals surface area contributed by atoms with Crippen LogP contribution in [0.2, 0.25) is 0 Å². The Kier molecular flexibility index (Phi) is 5.83. The molecule has 0 atom stereocenters. The summed E-state index contributed by atoms with van der Waals surface area (Å²) in [4.78, 5) is 11.3. The summed E-state index contributed by atoms with van der Waals surface area (Å²) in [5.74, 6) is 0.687. The first-order valence-corrected chi connectivity index (χ1v) is 6.51. The van der Waals surface area contributed by atoms with Gasteiger partial charge in [-0.2, -0.15) is 0 Å². The molecular formula is C15H23NO3. The fraction of sp³-hybridized carbons (Fsp3) is 0.533. The van der Waals surface area contributed by atoms with Crippen LogP contribution >= 0.6 is 0 Å². The predicted octanol–water partition coefficient (Wildman–Crippen LogP) is 2.27. The zero-order valence-corrected chi connectivity index (χ0v) is 12.4. The number of carbonyl (C=O) groups excluding carboxylic acids is 1. The number of aryl methyl sites for hydroxylation is 1. The van der Waals surface area contributed by atoms with Crippen LogP contribution < -0.4 is 10.1 Å². The Bertz CT molecular complexity index is 455.